The van der Waals surface area contributed by atoms with Gasteiger partial charge in [0.25, 0.3) is 0 Å². The lowest BCUT2D eigenvalue weighted by molar-refractivity contribution is 0.592. The number of para-hydroxylation sites is 2. The van der Waals surface area contributed by atoms with Gasteiger partial charge in [0, 0.05) is 0 Å². The normalized spacial score (nSPS) is 9.35. The Labute approximate surface area is 103 Å². The van der Waals surface area contributed by atoms with Crippen molar-refractivity contribution in [1.29, 1.82) is 0 Å². The Hall–Kier alpha value is -1.81. The first-order chi connectivity index (χ1) is 8.02. The third-order valence-corrected chi connectivity index (χ3v) is 2.25. The van der Waals surface area contributed by atoms with Crippen LogP contribution in [0.25, 0.3) is 0 Å². The average molecular weight is 257 g/mol. The van der Waals surface area contributed by atoms with Crippen molar-refractivity contribution in [3.8, 4) is 0 Å². The highest BCUT2D eigenvalue weighted by molar-refractivity contribution is 6.33. The number of nitrogen functional groups attached to an aromatic ring is 2. The molecule has 5 heteroatoms. The van der Waals surface area contributed by atoms with Crippen LogP contribution >= 0.6 is 11.6 Å². The molecule has 0 atom stereocenters. The van der Waals surface area contributed by atoms with Gasteiger partial charge in [0.15, 0.2) is 0 Å². The van der Waals surface area contributed by atoms with Gasteiger partial charge in [-0.2, -0.15) is 0 Å². The molecule has 0 aromatic heterocycles. The summed E-state index contributed by atoms with van der Waals surface area (Å²) in [6.45, 7) is 0. The Morgan fingerprint density at radius 2 is 1.35 bits per heavy atom. The minimum Gasteiger partial charge on any atom is -0.398 e. The van der Waals surface area contributed by atoms with Gasteiger partial charge in [-0.15, -0.1) is 0 Å². The number of benzene rings is 2. The van der Waals surface area contributed by atoms with Crippen molar-refractivity contribution >= 4 is 23.0 Å². The smallest absolute Gasteiger partial charge is 0.149 e. The molecule has 0 saturated carbocycles. The lowest BCUT2D eigenvalue weighted by Gasteiger charge is -1.94. The van der Waals surface area contributed by atoms with Gasteiger partial charge < -0.3 is 11.5 Å². The second-order valence-corrected chi connectivity index (χ2v) is 3.56. The van der Waals surface area contributed by atoms with Gasteiger partial charge in [0.1, 0.15) is 17.3 Å². The third-order valence-electron chi connectivity index (χ3n) is 1.90. The number of anilines is 2. The van der Waals surface area contributed by atoms with Crippen LogP contribution in [0.2, 0.25) is 5.02 Å². The van der Waals surface area contributed by atoms with Crippen molar-refractivity contribution in [2.75, 3.05) is 11.5 Å². The first kappa shape index (κ1) is 13.3. The summed E-state index contributed by atoms with van der Waals surface area (Å²) in [6.07, 6.45) is 0. The molecule has 0 radical (unpaired) electrons. The van der Waals surface area contributed by atoms with E-state index in [4.69, 9.17) is 23.1 Å². The van der Waals surface area contributed by atoms with Crippen LogP contribution in [0.1, 0.15) is 0 Å². The van der Waals surface area contributed by atoms with E-state index in [1.54, 1.807) is 12.1 Å². The van der Waals surface area contributed by atoms with Crippen LogP contribution in [0.4, 0.5) is 20.2 Å². The summed E-state index contributed by atoms with van der Waals surface area (Å²) in [4.78, 5) is 0. The quantitative estimate of drug-likeness (QED) is 0.709. The number of halogens is 3. The molecule has 2 aromatic rings. The second kappa shape index (κ2) is 6.06. The van der Waals surface area contributed by atoms with Crippen LogP contribution in [-0.4, -0.2) is 0 Å². The Morgan fingerprint density at radius 1 is 0.824 bits per heavy atom. The first-order valence-corrected chi connectivity index (χ1v) is 5.09. The maximum Gasteiger partial charge on any atom is 0.149 e. The fraction of sp³-hybridized carbons (Fsp3) is 0. The van der Waals surface area contributed by atoms with E-state index in [-0.39, 0.29) is 0 Å². The molecule has 0 heterocycles. The van der Waals surface area contributed by atoms with Gasteiger partial charge in [0.2, 0.25) is 0 Å². The summed E-state index contributed by atoms with van der Waals surface area (Å²) in [7, 11) is 0. The van der Waals surface area contributed by atoms with Gasteiger partial charge in [-0.05, 0) is 24.3 Å². The number of hydrogen-bond donors (Lipinski definition) is 2. The largest absolute Gasteiger partial charge is 0.398 e. The molecule has 90 valence electrons. The summed E-state index contributed by atoms with van der Waals surface area (Å²) in [5.41, 5.74) is 10.5. The third kappa shape index (κ3) is 3.92. The highest BCUT2D eigenvalue weighted by Gasteiger charge is 2.00. The van der Waals surface area contributed by atoms with E-state index >= 15 is 0 Å². The van der Waals surface area contributed by atoms with Crippen LogP contribution in [0.15, 0.2) is 42.5 Å². The molecular formula is C12H11ClF2N2. The molecule has 4 N–H and O–H groups in total. The average Bonchev–Trinajstić information content (AvgIpc) is 2.31. The lowest BCUT2D eigenvalue weighted by Crippen LogP contribution is -1.93. The minimum atomic E-state index is -0.713. The summed E-state index contributed by atoms with van der Waals surface area (Å²) >= 11 is 5.58. The number of rotatable bonds is 0. The minimum absolute atomic E-state index is 0.419. The zero-order valence-electron chi connectivity index (χ0n) is 8.83. The van der Waals surface area contributed by atoms with E-state index in [1.165, 1.54) is 6.07 Å². The molecule has 0 fully saturated rings. The predicted molar refractivity (Wildman–Crippen MR) is 66.6 cm³/mol. The van der Waals surface area contributed by atoms with Crippen LogP contribution in [-0.2, 0) is 0 Å². The van der Waals surface area contributed by atoms with Crippen LogP contribution < -0.4 is 11.5 Å². The highest BCUT2D eigenvalue weighted by atomic mass is 35.5. The van der Waals surface area contributed by atoms with Crippen LogP contribution in [0.5, 0.6) is 0 Å². The fourth-order valence-electron chi connectivity index (χ4n) is 0.986. The molecule has 0 spiro atoms. The van der Waals surface area contributed by atoms with Crippen molar-refractivity contribution in [3.05, 3.63) is 59.1 Å². The first-order valence-electron chi connectivity index (χ1n) is 4.72. The molecule has 2 nitrogen and oxygen atoms in total. The molecule has 0 aliphatic heterocycles. The summed E-state index contributed by atoms with van der Waals surface area (Å²) < 4.78 is 24.4. The highest BCUT2D eigenvalue weighted by Crippen LogP contribution is 2.15. The SMILES string of the molecule is Nc1c(F)cccc1F.Nc1ccccc1Cl. The molecule has 2 rings (SSSR count). The van der Waals surface area contributed by atoms with Crippen molar-refractivity contribution in [2.45, 2.75) is 0 Å². The van der Waals surface area contributed by atoms with Gasteiger partial charge in [-0.25, -0.2) is 8.78 Å². The van der Waals surface area contributed by atoms with Crippen LogP contribution in [0, 0.1) is 11.6 Å². The van der Waals surface area contributed by atoms with Crippen molar-refractivity contribution in [1.82, 2.24) is 0 Å². The molecule has 0 bridgehead atoms. The molecular weight excluding hydrogens is 246 g/mol. The predicted octanol–water partition coefficient (Wildman–Crippen LogP) is 3.47. The fourth-order valence-corrected chi connectivity index (χ4v) is 1.12. The summed E-state index contributed by atoms with van der Waals surface area (Å²) in [5.74, 6) is -1.43. The van der Waals surface area contributed by atoms with Gasteiger partial charge in [-0.1, -0.05) is 29.8 Å². The van der Waals surface area contributed by atoms with Crippen LogP contribution in [0.3, 0.4) is 0 Å². The van der Waals surface area contributed by atoms with E-state index < -0.39 is 17.3 Å². The van der Waals surface area contributed by atoms with Gasteiger partial charge >= 0.3 is 0 Å². The Balaban J connectivity index is 0.000000171. The molecule has 0 aliphatic carbocycles. The Bertz CT molecular complexity index is 462. The van der Waals surface area contributed by atoms with E-state index in [1.807, 2.05) is 12.1 Å². The molecule has 0 unspecified atom stereocenters. The number of nitrogens with two attached hydrogens (primary N) is 2. The topological polar surface area (TPSA) is 52.0 Å². The summed E-state index contributed by atoms with van der Waals surface area (Å²) in [6, 6.07) is 10.7. The van der Waals surface area contributed by atoms with Crippen molar-refractivity contribution in [3.63, 3.8) is 0 Å². The van der Waals surface area contributed by atoms with E-state index in [0.29, 0.717) is 10.7 Å². The van der Waals surface area contributed by atoms with Gasteiger partial charge in [0.05, 0.1) is 10.7 Å². The van der Waals surface area contributed by atoms with Crippen molar-refractivity contribution in [2.24, 2.45) is 0 Å². The maximum atomic E-state index is 12.2. The molecule has 0 aliphatic rings. The zero-order valence-corrected chi connectivity index (χ0v) is 9.59. The van der Waals surface area contributed by atoms with E-state index in [9.17, 15) is 8.78 Å². The van der Waals surface area contributed by atoms with E-state index in [0.717, 1.165) is 12.1 Å². The Kier molecular flexibility index (Phi) is 4.72. The molecule has 2 aromatic carbocycles. The standard InChI is InChI=1S/C6H6ClN.C6H5F2N/c7-5-3-1-2-4-6(5)8;7-4-2-1-3-5(8)6(4)9/h1-4H,8H2;1-3H,9H2. The molecule has 0 amide bonds. The second-order valence-electron chi connectivity index (χ2n) is 3.16. The lowest BCUT2D eigenvalue weighted by atomic mass is 10.3. The maximum absolute atomic E-state index is 12.2. The zero-order chi connectivity index (χ0) is 12.8. The van der Waals surface area contributed by atoms with E-state index in [2.05, 4.69) is 0 Å². The molecule has 17 heavy (non-hydrogen) atoms. The summed E-state index contributed by atoms with van der Waals surface area (Å²) in [5, 5.41) is 0.618. The monoisotopic (exact) mass is 256 g/mol. The van der Waals surface area contributed by atoms with Gasteiger partial charge in [-0.3, -0.25) is 0 Å². The molecule has 0 saturated heterocycles. The Morgan fingerprint density at radius 3 is 1.71 bits per heavy atom. The van der Waals surface area contributed by atoms with Crippen molar-refractivity contribution < 1.29 is 8.78 Å². The number of hydrogen-bond acceptors (Lipinski definition) is 2.